The van der Waals surface area contributed by atoms with Crippen molar-refractivity contribution in [3.63, 3.8) is 0 Å². The van der Waals surface area contributed by atoms with Crippen molar-refractivity contribution < 1.29 is 4.79 Å². The van der Waals surface area contributed by atoms with Crippen molar-refractivity contribution in [1.82, 2.24) is 19.8 Å². The maximum Gasteiger partial charge on any atom is 0.377 e. The molecule has 0 aliphatic rings. The van der Waals surface area contributed by atoms with Gasteiger partial charge in [0, 0.05) is 12.7 Å². The lowest BCUT2D eigenvalue weighted by molar-refractivity contribution is 0.245. The van der Waals surface area contributed by atoms with Crippen LogP contribution in [0.1, 0.15) is 0 Å². The Hall–Kier alpha value is -3.22. The van der Waals surface area contributed by atoms with Crippen LogP contribution in [0.2, 0.25) is 0 Å². The summed E-state index contributed by atoms with van der Waals surface area (Å²) in [4.78, 5) is 26.0. The monoisotopic (exact) mass is 295 g/mol. The molecule has 22 heavy (non-hydrogen) atoms. The van der Waals surface area contributed by atoms with Crippen LogP contribution in [0.3, 0.4) is 0 Å². The van der Waals surface area contributed by atoms with Crippen LogP contribution in [0.25, 0.3) is 5.69 Å². The van der Waals surface area contributed by atoms with Crippen LogP contribution in [0.4, 0.5) is 10.5 Å². The molecule has 0 radical (unpaired) electrons. The third-order valence-corrected chi connectivity index (χ3v) is 3.19. The van der Waals surface area contributed by atoms with Gasteiger partial charge in [-0.3, -0.25) is 4.90 Å². The number of benzene rings is 2. The van der Waals surface area contributed by atoms with Gasteiger partial charge in [-0.2, -0.15) is 4.68 Å². The van der Waals surface area contributed by atoms with E-state index >= 15 is 0 Å². The first-order chi connectivity index (χ1) is 10.7. The summed E-state index contributed by atoms with van der Waals surface area (Å²) in [6.07, 6.45) is 0. The fourth-order valence-corrected chi connectivity index (χ4v) is 2.00. The van der Waals surface area contributed by atoms with E-state index in [2.05, 4.69) is 10.4 Å². The maximum absolute atomic E-state index is 12.4. The molecule has 2 aromatic carbocycles. The van der Waals surface area contributed by atoms with Crippen molar-refractivity contribution in [2.45, 2.75) is 0 Å². The number of anilines is 1. The van der Waals surface area contributed by atoms with E-state index in [0.717, 1.165) is 9.36 Å². The zero-order valence-corrected chi connectivity index (χ0v) is 11.8. The Labute approximate surface area is 126 Å². The van der Waals surface area contributed by atoms with Gasteiger partial charge in [0.1, 0.15) is 0 Å². The predicted molar refractivity (Wildman–Crippen MR) is 81.3 cm³/mol. The molecule has 110 valence electrons. The quantitative estimate of drug-likeness (QED) is 0.672. The Bertz CT molecular complexity index is 839. The highest BCUT2D eigenvalue weighted by atomic mass is 16.2. The SMILES string of the molecule is CN(C(=O)n1nnn(-c2ccccc2)c1=O)c1ccccc1. The van der Waals surface area contributed by atoms with Crippen LogP contribution < -0.4 is 10.6 Å². The lowest BCUT2D eigenvalue weighted by atomic mass is 10.3. The molecule has 0 saturated heterocycles. The number of carbonyl (C=O) groups is 1. The van der Waals surface area contributed by atoms with Crippen LogP contribution in [0, 0.1) is 0 Å². The number of para-hydroxylation sites is 2. The van der Waals surface area contributed by atoms with E-state index < -0.39 is 11.7 Å². The molecule has 1 amide bonds. The van der Waals surface area contributed by atoms with E-state index in [4.69, 9.17) is 0 Å². The maximum atomic E-state index is 12.4. The predicted octanol–water partition coefficient (Wildman–Crippen LogP) is 1.53. The van der Waals surface area contributed by atoms with Gasteiger partial charge in [-0.25, -0.2) is 9.59 Å². The van der Waals surface area contributed by atoms with Gasteiger partial charge in [0.2, 0.25) is 0 Å². The Morgan fingerprint density at radius 3 is 2.18 bits per heavy atom. The molecule has 0 bridgehead atoms. The minimum Gasteiger partial charge on any atom is -0.295 e. The van der Waals surface area contributed by atoms with Crippen LogP contribution >= 0.6 is 0 Å². The van der Waals surface area contributed by atoms with Crippen molar-refractivity contribution in [1.29, 1.82) is 0 Å². The molecule has 7 heteroatoms. The lowest BCUT2D eigenvalue weighted by Crippen LogP contribution is -2.38. The zero-order chi connectivity index (χ0) is 15.5. The number of carbonyl (C=O) groups excluding carboxylic acids is 1. The van der Waals surface area contributed by atoms with Crippen molar-refractivity contribution >= 4 is 11.7 Å². The highest BCUT2D eigenvalue weighted by Crippen LogP contribution is 2.11. The largest absolute Gasteiger partial charge is 0.377 e. The lowest BCUT2D eigenvalue weighted by Gasteiger charge is -2.15. The van der Waals surface area contributed by atoms with Gasteiger partial charge >= 0.3 is 11.7 Å². The molecule has 3 rings (SSSR count). The first-order valence-electron chi connectivity index (χ1n) is 6.62. The zero-order valence-electron chi connectivity index (χ0n) is 11.8. The van der Waals surface area contributed by atoms with E-state index in [0.29, 0.717) is 11.4 Å². The molecule has 0 unspecified atom stereocenters. The summed E-state index contributed by atoms with van der Waals surface area (Å²) in [5, 5.41) is 7.42. The highest BCUT2D eigenvalue weighted by molar-refractivity contribution is 5.92. The molecule has 7 nitrogen and oxygen atoms in total. The standard InChI is InChI=1S/C15H13N5O2/c1-18(12-8-4-2-5-9-12)14(21)20-15(22)19(16-17-20)13-10-6-3-7-11-13/h2-11H,1H3. The normalized spacial score (nSPS) is 10.4. The molecule has 1 aromatic heterocycles. The minimum atomic E-state index is -0.612. The third kappa shape index (κ3) is 2.39. The van der Waals surface area contributed by atoms with Gasteiger partial charge < -0.3 is 0 Å². The number of tetrazole rings is 1. The molecule has 0 N–H and O–H groups in total. The Balaban J connectivity index is 1.95. The Morgan fingerprint density at radius 1 is 0.955 bits per heavy atom. The van der Waals surface area contributed by atoms with Crippen LogP contribution in [0.15, 0.2) is 65.5 Å². The topological polar surface area (TPSA) is 73.0 Å². The molecule has 3 aromatic rings. The molecule has 0 atom stereocenters. The second-order valence-electron chi connectivity index (χ2n) is 4.60. The molecule has 0 spiro atoms. The summed E-state index contributed by atoms with van der Waals surface area (Å²) < 4.78 is 1.82. The number of hydrogen-bond acceptors (Lipinski definition) is 4. The smallest absolute Gasteiger partial charge is 0.295 e. The Kier molecular flexibility index (Phi) is 3.53. The molecular formula is C15H13N5O2. The Morgan fingerprint density at radius 2 is 1.55 bits per heavy atom. The molecule has 0 aliphatic heterocycles. The van der Waals surface area contributed by atoms with Crippen LogP contribution in [-0.2, 0) is 0 Å². The van der Waals surface area contributed by atoms with E-state index in [9.17, 15) is 9.59 Å². The fraction of sp³-hybridized carbons (Fsp3) is 0.0667. The van der Waals surface area contributed by atoms with Gasteiger partial charge in [0.25, 0.3) is 0 Å². The molecule has 0 saturated carbocycles. The third-order valence-electron chi connectivity index (χ3n) is 3.19. The van der Waals surface area contributed by atoms with Gasteiger partial charge in [0.05, 0.1) is 5.69 Å². The first kappa shape index (κ1) is 13.7. The van der Waals surface area contributed by atoms with Crippen LogP contribution in [-0.4, -0.2) is 32.9 Å². The number of aromatic nitrogens is 4. The summed E-state index contributed by atoms with van der Waals surface area (Å²) in [5.41, 5.74) is 0.599. The summed E-state index contributed by atoms with van der Waals surface area (Å²) >= 11 is 0. The van der Waals surface area contributed by atoms with Gasteiger partial charge in [0.15, 0.2) is 0 Å². The van der Waals surface area contributed by atoms with Crippen molar-refractivity contribution in [3.05, 3.63) is 71.1 Å². The summed E-state index contributed by atoms with van der Waals surface area (Å²) in [5.74, 6) is 0. The van der Waals surface area contributed by atoms with Gasteiger partial charge in [-0.1, -0.05) is 36.4 Å². The summed E-state index contributed by atoms with van der Waals surface area (Å²) in [6, 6.07) is 17.2. The van der Waals surface area contributed by atoms with Gasteiger partial charge in [-0.15, -0.1) is 4.68 Å². The van der Waals surface area contributed by atoms with Crippen LogP contribution in [0.5, 0.6) is 0 Å². The van der Waals surface area contributed by atoms with E-state index in [1.807, 2.05) is 24.3 Å². The number of amides is 1. The fourth-order valence-electron chi connectivity index (χ4n) is 2.00. The average molecular weight is 295 g/mol. The average Bonchev–Trinajstić information content (AvgIpc) is 2.96. The van der Waals surface area contributed by atoms with Gasteiger partial charge in [-0.05, 0) is 34.7 Å². The molecule has 0 fully saturated rings. The van der Waals surface area contributed by atoms with Crippen molar-refractivity contribution in [2.24, 2.45) is 0 Å². The van der Waals surface area contributed by atoms with Crippen molar-refractivity contribution in [2.75, 3.05) is 11.9 Å². The minimum absolute atomic E-state index is 0.550. The second kappa shape index (κ2) is 5.65. The molecule has 1 heterocycles. The second-order valence-corrected chi connectivity index (χ2v) is 4.60. The number of rotatable bonds is 2. The molecule has 0 aliphatic carbocycles. The molecular weight excluding hydrogens is 282 g/mol. The van der Waals surface area contributed by atoms with E-state index in [-0.39, 0.29) is 0 Å². The van der Waals surface area contributed by atoms with E-state index in [1.165, 1.54) is 4.90 Å². The number of nitrogens with zero attached hydrogens (tertiary/aromatic N) is 5. The highest BCUT2D eigenvalue weighted by Gasteiger charge is 2.19. The summed E-state index contributed by atoms with van der Waals surface area (Å²) in [6.45, 7) is 0. The first-order valence-corrected chi connectivity index (χ1v) is 6.62. The number of hydrogen-bond donors (Lipinski definition) is 0. The van der Waals surface area contributed by atoms with E-state index in [1.54, 1.807) is 43.4 Å². The van der Waals surface area contributed by atoms with Crippen molar-refractivity contribution in [3.8, 4) is 5.69 Å². The summed E-state index contributed by atoms with van der Waals surface area (Å²) in [7, 11) is 1.58.